The van der Waals surface area contributed by atoms with Crippen molar-refractivity contribution in [3.05, 3.63) is 21.6 Å². The molecule has 0 unspecified atom stereocenters. The number of aromatic nitrogens is 2. The first-order valence-electron chi connectivity index (χ1n) is 7.45. The molecule has 1 saturated heterocycles. The van der Waals surface area contributed by atoms with Crippen molar-refractivity contribution in [2.45, 2.75) is 20.4 Å². The minimum Gasteiger partial charge on any atom is -0.465 e. The molecule has 0 spiro atoms. The first-order chi connectivity index (χ1) is 10.6. The van der Waals surface area contributed by atoms with E-state index in [-0.39, 0.29) is 18.2 Å². The molecule has 8 heteroatoms. The van der Waals surface area contributed by atoms with E-state index in [2.05, 4.69) is 21.8 Å². The van der Waals surface area contributed by atoms with E-state index in [1.54, 1.807) is 13.1 Å². The highest BCUT2D eigenvalue weighted by Crippen LogP contribution is 2.22. The highest BCUT2D eigenvalue weighted by molar-refractivity contribution is 6.33. The maximum Gasteiger partial charge on any atom is 0.327 e. The van der Waals surface area contributed by atoms with Crippen molar-refractivity contribution in [1.29, 1.82) is 0 Å². The summed E-state index contributed by atoms with van der Waals surface area (Å²) in [5.74, 6) is -0.502. The second-order valence-corrected chi connectivity index (χ2v) is 5.41. The minimum atomic E-state index is -0.502. The zero-order valence-corrected chi connectivity index (χ0v) is 13.7. The van der Waals surface area contributed by atoms with Crippen LogP contribution in [0.2, 0.25) is 5.02 Å². The van der Waals surface area contributed by atoms with E-state index in [1.165, 1.54) is 0 Å². The fourth-order valence-electron chi connectivity index (χ4n) is 2.42. The van der Waals surface area contributed by atoms with Gasteiger partial charge in [-0.05, 0) is 13.5 Å². The van der Waals surface area contributed by atoms with E-state index < -0.39 is 11.5 Å². The van der Waals surface area contributed by atoms with Gasteiger partial charge in [-0.1, -0.05) is 18.5 Å². The molecule has 7 nitrogen and oxygen atoms in total. The van der Waals surface area contributed by atoms with Gasteiger partial charge in [0.1, 0.15) is 11.6 Å². The van der Waals surface area contributed by atoms with Crippen LogP contribution in [0, 0.1) is 0 Å². The van der Waals surface area contributed by atoms with Crippen molar-refractivity contribution in [3.63, 3.8) is 0 Å². The second-order valence-electron chi connectivity index (χ2n) is 5.03. The summed E-state index contributed by atoms with van der Waals surface area (Å²) < 4.78 is 5.85. The highest BCUT2D eigenvalue weighted by Gasteiger charge is 2.21. The lowest BCUT2D eigenvalue weighted by molar-refractivity contribution is -0.144. The minimum absolute atomic E-state index is 0.101. The number of likely N-dealkylation sites (N-methyl/N-ethyl adjacent to an activating group) is 1. The molecular weight excluding hydrogens is 308 g/mol. The molecule has 0 saturated carbocycles. The molecule has 0 aromatic carbocycles. The maximum absolute atomic E-state index is 12.2. The van der Waals surface area contributed by atoms with Crippen molar-refractivity contribution in [3.8, 4) is 0 Å². The molecule has 0 amide bonds. The third-order valence-electron chi connectivity index (χ3n) is 3.71. The zero-order valence-electron chi connectivity index (χ0n) is 12.9. The van der Waals surface area contributed by atoms with Gasteiger partial charge in [-0.2, -0.15) is 5.10 Å². The summed E-state index contributed by atoms with van der Waals surface area (Å²) in [5, 5.41) is 4.14. The van der Waals surface area contributed by atoms with Gasteiger partial charge in [0.15, 0.2) is 0 Å². The van der Waals surface area contributed by atoms with Crippen LogP contribution >= 0.6 is 11.6 Å². The largest absolute Gasteiger partial charge is 0.465 e. The molecule has 0 atom stereocenters. The van der Waals surface area contributed by atoms with Gasteiger partial charge < -0.3 is 14.5 Å². The maximum atomic E-state index is 12.2. The van der Waals surface area contributed by atoms with Gasteiger partial charge in [-0.15, -0.1) is 0 Å². The molecule has 0 N–H and O–H groups in total. The summed E-state index contributed by atoms with van der Waals surface area (Å²) in [6, 6.07) is 0. The monoisotopic (exact) mass is 328 g/mol. The number of piperazine rings is 1. The Hall–Kier alpha value is -1.60. The smallest absolute Gasteiger partial charge is 0.327 e. The number of hydrogen-bond acceptors (Lipinski definition) is 6. The van der Waals surface area contributed by atoms with Crippen molar-refractivity contribution in [1.82, 2.24) is 14.7 Å². The number of hydrogen-bond donors (Lipinski definition) is 0. The molecule has 2 heterocycles. The van der Waals surface area contributed by atoms with Gasteiger partial charge in [-0.25, -0.2) is 4.68 Å². The van der Waals surface area contributed by atoms with Gasteiger partial charge in [0.25, 0.3) is 5.56 Å². The van der Waals surface area contributed by atoms with Crippen LogP contribution < -0.4 is 10.5 Å². The summed E-state index contributed by atoms with van der Waals surface area (Å²) in [4.78, 5) is 28.1. The fraction of sp³-hybridized carbons (Fsp3) is 0.643. The molecule has 0 aliphatic carbocycles. The number of anilines is 1. The molecule has 0 bridgehead atoms. The standard InChI is InChI=1S/C14H21ClN4O3/c1-3-17-5-7-18(8-6-17)11-9-16-19(14(21)13(11)15)10-12(20)22-4-2/h9H,3-8,10H2,1-2H3. The van der Waals surface area contributed by atoms with Crippen LogP contribution in [-0.2, 0) is 16.1 Å². The van der Waals surface area contributed by atoms with E-state index in [4.69, 9.17) is 16.3 Å². The SMILES string of the molecule is CCOC(=O)Cn1ncc(N2CCN(CC)CC2)c(Cl)c1=O. The average molecular weight is 329 g/mol. The van der Waals surface area contributed by atoms with Crippen molar-refractivity contribution < 1.29 is 9.53 Å². The molecule has 1 aliphatic rings. The third-order valence-corrected chi connectivity index (χ3v) is 4.07. The molecule has 1 aromatic heterocycles. The Bertz CT molecular complexity index is 582. The normalized spacial score (nSPS) is 15.9. The number of carbonyl (C=O) groups is 1. The van der Waals surface area contributed by atoms with Gasteiger partial charge >= 0.3 is 5.97 Å². The van der Waals surface area contributed by atoms with E-state index >= 15 is 0 Å². The number of nitrogens with zero attached hydrogens (tertiary/aromatic N) is 4. The van der Waals surface area contributed by atoms with Gasteiger partial charge in [-0.3, -0.25) is 9.59 Å². The predicted molar refractivity (Wildman–Crippen MR) is 84.5 cm³/mol. The van der Waals surface area contributed by atoms with Crippen LogP contribution in [0.15, 0.2) is 11.0 Å². The van der Waals surface area contributed by atoms with Gasteiger partial charge in [0.2, 0.25) is 0 Å². The van der Waals surface area contributed by atoms with Crippen LogP contribution in [0.1, 0.15) is 13.8 Å². The quantitative estimate of drug-likeness (QED) is 0.737. The van der Waals surface area contributed by atoms with E-state index in [0.29, 0.717) is 5.69 Å². The number of carbonyl (C=O) groups excluding carboxylic acids is 1. The lowest BCUT2D eigenvalue weighted by Crippen LogP contribution is -2.46. The predicted octanol–water partition coefficient (Wildman–Crippen LogP) is 0.602. The Labute approximate surface area is 134 Å². The fourth-order valence-corrected chi connectivity index (χ4v) is 2.69. The third kappa shape index (κ3) is 3.78. The van der Waals surface area contributed by atoms with Gasteiger partial charge in [0.05, 0.1) is 18.5 Å². The Morgan fingerprint density at radius 1 is 1.32 bits per heavy atom. The van der Waals surface area contributed by atoms with Crippen LogP contribution in [0.5, 0.6) is 0 Å². The van der Waals surface area contributed by atoms with Crippen LogP contribution in [0.25, 0.3) is 0 Å². The van der Waals surface area contributed by atoms with Gasteiger partial charge in [0, 0.05) is 26.2 Å². The first kappa shape index (κ1) is 16.8. The number of ether oxygens (including phenoxy) is 1. The summed E-state index contributed by atoms with van der Waals surface area (Å²) in [5.41, 5.74) is 0.160. The number of halogens is 1. The van der Waals surface area contributed by atoms with Crippen molar-refractivity contribution in [2.24, 2.45) is 0 Å². The molecule has 0 radical (unpaired) electrons. The highest BCUT2D eigenvalue weighted by atomic mass is 35.5. The lowest BCUT2D eigenvalue weighted by Gasteiger charge is -2.35. The van der Waals surface area contributed by atoms with Crippen LogP contribution in [0.3, 0.4) is 0 Å². The Kier molecular flexibility index (Phi) is 5.79. The Balaban J connectivity index is 2.13. The summed E-state index contributed by atoms with van der Waals surface area (Å²) in [7, 11) is 0. The zero-order chi connectivity index (χ0) is 16.1. The lowest BCUT2D eigenvalue weighted by atomic mass is 10.3. The molecule has 2 rings (SSSR count). The second kappa shape index (κ2) is 7.60. The van der Waals surface area contributed by atoms with E-state index in [9.17, 15) is 9.59 Å². The summed E-state index contributed by atoms with van der Waals surface area (Å²) >= 11 is 6.18. The topological polar surface area (TPSA) is 67.7 Å². The van der Waals surface area contributed by atoms with Crippen LogP contribution in [0.4, 0.5) is 5.69 Å². The first-order valence-corrected chi connectivity index (χ1v) is 7.83. The van der Waals surface area contributed by atoms with Crippen molar-refractivity contribution in [2.75, 3.05) is 44.2 Å². The molecule has 1 aromatic rings. The molecule has 22 heavy (non-hydrogen) atoms. The van der Waals surface area contributed by atoms with E-state index in [0.717, 1.165) is 37.4 Å². The summed E-state index contributed by atoms with van der Waals surface area (Å²) in [6.45, 7) is 8.35. The molecule has 122 valence electrons. The molecular formula is C14H21ClN4O3. The molecule has 1 aliphatic heterocycles. The van der Waals surface area contributed by atoms with Crippen LogP contribution in [-0.4, -0.2) is 60.0 Å². The van der Waals surface area contributed by atoms with E-state index in [1.807, 2.05) is 0 Å². The average Bonchev–Trinajstić information content (AvgIpc) is 2.52. The van der Waals surface area contributed by atoms with Crippen molar-refractivity contribution >= 4 is 23.3 Å². The number of rotatable bonds is 5. The Morgan fingerprint density at radius 2 is 2.00 bits per heavy atom. The number of esters is 1. The Morgan fingerprint density at radius 3 is 2.59 bits per heavy atom. The summed E-state index contributed by atoms with van der Waals surface area (Å²) in [6.07, 6.45) is 1.55. The molecule has 1 fully saturated rings.